The molecule has 0 spiro atoms. The van der Waals surface area contributed by atoms with Crippen LogP contribution in [0.4, 0.5) is 0 Å². The fraction of sp³-hybridized carbons (Fsp3) is 0.333. The second-order valence-electron chi connectivity index (χ2n) is 11.1. The second kappa shape index (κ2) is 8.87. The molecule has 2 aromatic carbocycles. The molecule has 3 aliphatic rings. The van der Waals surface area contributed by atoms with E-state index in [4.69, 9.17) is 5.73 Å². The summed E-state index contributed by atoms with van der Waals surface area (Å²) < 4.78 is 0. The van der Waals surface area contributed by atoms with E-state index >= 15 is 0 Å². The van der Waals surface area contributed by atoms with Gasteiger partial charge in [0.05, 0.1) is 17.5 Å². The van der Waals surface area contributed by atoms with Gasteiger partial charge >= 0.3 is 0 Å². The van der Waals surface area contributed by atoms with Gasteiger partial charge < -0.3 is 15.9 Å². The van der Waals surface area contributed by atoms with Crippen molar-refractivity contribution < 1.29 is 34.2 Å². The maximum atomic E-state index is 14.3. The minimum atomic E-state index is -2.79. The number of likely N-dealkylation sites (N-methyl/N-ethyl adjacent to an activating group) is 1. The first-order chi connectivity index (χ1) is 19.0. The van der Waals surface area contributed by atoms with Gasteiger partial charge in [-0.2, -0.15) is 0 Å². The van der Waals surface area contributed by atoms with E-state index in [0.29, 0.717) is 10.9 Å². The molecule has 2 saturated carbocycles. The molecular weight excluding hydrogens is 514 g/mol. The third-order valence-corrected chi connectivity index (χ3v) is 8.94. The molecule has 0 aliphatic heterocycles. The first-order valence-electron chi connectivity index (χ1n) is 13.0. The Morgan fingerprint density at radius 1 is 1.02 bits per heavy atom. The van der Waals surface area contributed by atoms with E-state index in [9.17, 15) is 34.2 Å². The van der Waals surface area contributed by atoms with Crippen molar-refractivity contribution in [1.82, 2.24) is 9.88 Å². The molecule has 2 unspecified atom stereocenters. The monoisotopic (exact) mass is 541 g/mol. The van der Waals surface area contributed by atoms with E-state index in [2.05, 4.69) is 4.98 Å². The first kappa shape index (κ1) is 26.0. The molecule has 1 heterocycles. The zero-order valence-electron chi connectivity index (χ0n) is 21.8. The van der Waals surface area contributed by atoms with Crippen LogP contribution in [-0.2, 0) is 19.2 Å². The van der Waals surface area contributed by atoms with Crippen LogP contribution in [0.1, 0.15) is 33.8 Å². The van der Waals surface area contributed by atoms with Crippen molar-refractivity contribution in [3.05, 3.63) is 71.4 Å². The van der Waals surface area contributed by atoms with E-state index in [-0.39, 0.29) is 23.3 Å². The molecule has 2 fully saturated rings. The Morgan fingerprint density at radius 3 is 2.38 bits per heavy atom. The summed E-state index contributed by atoms with van der Waals surface area (Å²) >= 11 is 0. The fourth-order valence-corrected chi connectivity index (χ4v) is 7.32. The van der Waals surface area contributed by atoms with Crippen LogP contribution in [0.25, 0.3) is 10.9 Å². The van der Waals surface area contributed by atoms with Gasteiger partial charge in [-0.3, -0.25) is 33.9 Å². The highest BCUT2D eigenvalue weighted by molar-refractivity contribution is 6.32. The molecule has 3 aliphatic carbocycles. The lowest BCUT2D eigenvalue weighted by Gasteiger charge is -2.54. The quantitative estimate of drug-likeness (QED) is 0.410. The summed E-state index contributed by atoms with van der Waals surface area (Å²) in [6, 6.07) is 13.2. The summed E-state index contributed by atoms with van der Waals surface area (Å²) in [5, 5.41) is 23.8. The summed E-state index contributed by atoms with van der Waals surface area (Å²) in [4.78, 5) is 73.2. The van der Waals surface area contributed by atoms with E-state index in [1.54, 1.807) is 32.3 Å². The van der Waals surface area contributed by atoms with Crippen LogP contribution in [0.5, 0.6) is 5.75 Å². The summed E-state index contributed by atoms with van der Waals surface area (Å²) in [6.07, 6.45) is 1.43. The van der Waals surface area contributed by atoms with Crippen LogP contribution in [0, 0.1) is 23.7 Å². The van der Waals surface area contributed by atoms with Crippen LogP contribution < -0.4 is 5.73 Å². The van der Waals surface area contributed by atoms with Gasteiger partial charge in [0.1, 0.15) is 5.52 Å². The van der Waals surface area contributed by atoms with Crippen LogP contribution in [-0.4, -0.2) is 74.9 Å². The Morgan fingerprint density at radius 2 is 1.73 bits per heavy atom. The van der Waals surface area contributed by atoms with Gasteiger partial charge in [-0.15, -0.1) is 0 Å². The molecule has 0 saturated heterocycles. The molecule has 10 nitrogen and oxygen atoms in total. The smallest absolute Gasteiger partial charge is 0.235 e. The Hall–Kier alpha value is -4.28. The highest BCUT2D eigenvalue weighted by atomic mass is 16.3. The number of aromatic nitrogens is 1. The van der Waals surface area contributed by atoms with E-state index in [1.165, 1.54) is 11.1 Å². The van der Waals surface area contributed by atoms with Crippen LogP contribution >= 0.6 is 0 Å². The van der Waals surface area contributed by atoms with E-state index < -0.39 is 70.3 Å². The number of nitrogens with two attached hydrogens (primary N) is 1. The molecule has 1 aromatic heterocycles. The molecule has 6 rings (SSSR count). The number of hydrogen-bond acceptors (Lipinski definition) is 9. The minimum absolute atomic E-state index is 0.0463. The number of ketones is 4. The van der Waals surface area contributed by atoms with Crippen molar-refractivity contribution in [2.75, 3.05) is 14.1 Å². The molecule has 10 heteroatoms. The average molecular weight is 542 g/mol. The van der Waals surface area contributed by atoms with Crippen molar-refractivity contribution in [1.29, 1.82) is 0 Å². The predicted molar refractivity (Wildman–Crippen MR) is 141 cm³/mol. The Kier molecular flexibility index (Phi) is 5.76. The molecular formula is C30H27N3O7. The largest absolute Gasteiger partial charge is 0.505 e. The van der Waals surface area contributed by atoms with Crippen molar-refractivity contribution >= 4 is 39.9 Å². The number of fused-ring (bicyclic) bond motifs is 4. The predicted octanol–water partition coefficient (Wildman–Crippen LogP) is 1.00. The number of carbonyl (C=O) groups excluding carboxylic acids is 5. The average Bonchev–Trinajstić information content (AvgIpc) is 2.91. The van der Waals surface area contributed by atoms with Crippen LogP contribution in [0.2, 0.25) is 0 Å². The first-order valence-corrected chi connectivity index (χ1v) is 13.0. The molecule has 3 aromatic rings. The molecule has 40 heavy (non-hydrogen) atoms. The number of benzene rings is 2. The molecule has 1 amide bonds. The highest BCUT2D eigenvalue weighted by Gasteiger charge is 2.70. The van der Waals surface area contributed by atoms with Gasteiger partial charge in [-0.25, -0.2) is 0 Å². The highest BCUT2D eigenvalue weighted by Crippen LogP contribution is 2.56. The van der Waals surface area contributed by atoms with Gasteiger partial charge in [-0.05, 0) is 49.7 Å². The number of amides is 1. The van der Waals surface area contributed by atoms with Gasteiger partial charge in [0, 0.05) is 23.4 Å². The summed E-state index contributed by atoms with van der Waals surface area (Å²) in [6.45, 7) is 0. The van der Waals surface area contributed by atoms with Crippen molar-refractivity contribution in [2.45, 2.75) is 24.0 Å². The maximum absolute atomic E-state index is 14.3. The lowest BCUT2D eigenvalue weighted by atomic mass is 9.50. The molecule has 7 atom stereocenters. The Labute approximate surface area is 228 Å². The SMILES string of the molecule is CN(C)[C@@H]1C(=O)C(C(N)=O)C(=O)[C@@]2(O)C(=O)C3C(=O)c4c(cc5cccnc5c4O)[C@H](c4ccccc4)[C@H]3C[C@@H]12. The van der Waals surface area contributed by atoms with Crippen molar-refractivity contribution in [3.63, 3.8) is 0 Å². The lowest BCUT2D eigenvalue weighted by Crippen LogP contribution is -2.74. The van der Waals surface area contributed by atoms with Crippen molar-refractivity contribution in [3.8, 4) is 5.75 Å². The van der Waals surface area contributed by atoms with Crippen LogP contribution in [0.15, 0.2) is 54.7 Å². The number of phenolic OH excluding ortho intramolecular Hbond substituents is 1. The van der Waals surface area contributed by atoms with Gasteiger partial charge in [0.25, 0.3) is 0 Å². The van der Waals surface area contributed by atoms with Crippen molar-refractivity contribution in [2.24, 2.45) is 29.4 Å². The third kappa shape index (κ3) is 3.29. The van der Waals surface area contributed by atoms with Gasteiger partial charge in [0.15, 0.2) is 40.4 Å². The van der Waals surface area contributed by atoms with E-state index in [1.807, 2.05) is 30.3 Å². The Balaban J connectivity index is 1.62. The number of aliphatic hydroxyl groups is 1. The number of carbonyl (C=O) groups is 5. The number of Topliss-reactive ketones (excluding diaryl/α,β-unsaturated/α-hetero) is 4. The zero-order valence-corrected chi connectivity index (χ0v) is 21.8. The summed E-state index contributed by atoms with van der Waals surface area (Å²) in [7, 11) is 3.11. The number of nitrogens with zero attached hydrogens (tertiary/aromatic N) is 2. The standard InChI is InChI=1S/C30H27N3O7/c1-33(2)23-17-12-16-18(13-7-4-3-5-8-13)15-11-14-9-6-10-32-22(14)25(35)19(15)24(34)20(16)27(37)30(17,40)28(38)21(26(23)36)29(31)39/h3-11,16-18,20-21,23,35,40H,12H2,1-2H3,(H2,31,39)/t16-,17+,18+,20?,21?,23+,30+/m1/s1. The number of rotatable bonds is 3. The minimum Gasteiger partial charge on any atom is -0.505 e. The lowest BCUT2D eigenvalue weighted by molar-refractivity contribution is -0.181. The number of phenols is 1. The molecule has 0 radical (unpaired) electrons. The number of pyridine rings is 1. The van der Waals surface area contributed by atoms with Gasteiger partial charge in [0.2, 0.25) is 5.91 Å². The zero-order chi connectivity index (χ0) is 28.7. The topological polar surface area (TPSA) is 168 Å². The second-order valence-corrected chi connectivity index (χ2v) is 11.1. The molecule has 4 N–H and O–H groups in total. The summed E-state index contributed by atoms with van der Waals surface area (Å²) in [5.74, 6) is -11.6. The summed E-state index contributed by atoms with van der Waals surface area (Å²) in [5.41, 5.74) is 3.96. The maximum Gasteiger partial charge on any atom is 0.235 e. The third-order valence-electron chi connectivity index (χ3n) is 8.94. The number of hydrogen-bond donors (Lipinski definition) is 3. The van der Waals surface area contributed by atoms with Crippen LogP contribution in [0.3, 0.4) is 0 Å². The normalized spacial score (nSPS) is 31.6. The number of primary amides is 1. The van der Waals surface area contributed by atoms with Gasteiger partial charge in [-0.1, -0.05) is 36.4 Å². The Bertz CT molecular complexity index is 1640. The fourth-order valence-electron chi connectivity index (χ4n) is 7.32. The number of aromatic hydroxyl groups is 1. The molecule has 0 bridgehead atoms. The van der Waals surface area contributed by atoms with E-state index in [0.717, 1.165) is 5.56 Å². The molecule has 204 valence electrons.